The SMILES string of the molecule is C=C(C)C(=O)Cl.C=CC(=O)N(C)C(N)=NC(N)=NC.CN=C(N)NC(N)=NC. The highest BCUT2D eigenvalue weighted by molar-refractivity contribution is 6.67. The fourth-order valence-corrected chi connectivity index (χ4v) is 0.735. The van der Waals surface area contributed by atoms with E-state index in [1.54, 1.807) is 21.0 Å². The molecule has 0 unspecified atom stereocenters. The summed E-state index contributed by atoms with van der Waals surface area (Å²) in [5, 5.41) is 2.07. The van der Waals surface area contributed by atoms with Crippen LogP contribution in [0.5, 0.6) is 0 Å². The van der Waals surface area contributed by atoms with E-state index in [1.807, 2.05) is 0 Å². The van der Waals surface area contributed by atoms with Crippen molar-refractivity contribution >= 4 is 46.6 Å². The van der Waals surface area contributed by atoms with E-state index in [9.17, 15) is 9.59 Å². The van der Waals surface area contributed by atoms with Crippen molar-refractivity contribution in [1.29, 1.82) is 0 Å². The Bertz CT molecular complexity index is 640. The van der Waals surface area contributed by atoms with Crippen molar-refractivity contribution in [3.8, 4) is 0 Å². The second-order valence-electron chi connectivity index (χ2n) is 4.55. The maximum Gasteiger partial charge on any atom is 0.252 e. The van der Waals surface area contributed by atoms with Crippen molar-refractivity contribution in [1.82, 2.24) is 10.2 Å². The minimum atomic E-state index is -0.463. The molecule has 28 heavy (non-hydrogen) atoms. The van der Waals surface area contributed by atoms with Crippen LogP contribution in [-0.4, -0.2) is 68.1 Å². The number of likely N-dealkylation sites (N-methyl/N-ethyl adjacent to an activating group) is 1. The predicted octanol–water partition coefficient (Wildman–Crippen LogP) is -1.32. The molecular weight excluding hydrogens is 388 g/mol. The van der Waals surface area contributed by atoms with Gasteiger partial charge in [0.25, 0.3) is 5.91 Å². The second kappa shape index (κ2) is 17.0. The molecule has 0 saturated carbocycles. The van der Waals surface area contributed by atoms with E-state index in [1.165, 1.54) is 14.1 Å². The molecule has 12 nitrogen and oxygen atoms in total. The summed E-state index contributed by atoms with van der Waals surface area (Å²) in [6.45, 7) is 8.14. The lowest BCUT2D eigenvalue weighted by Crippen LogP contribution is -2.41. The molecule has 9 N–H and O–H groups in total. The van der Waals surface area contributed by atoms with Gasteiger partial charge < -0.3 is 22.9 Å². The molecule has 0 saturated heterocycles. The zero-order valence-electron chi connectivity index (χ0n) is 16.7. The van der Waals surface area contributed by atoms with Gasteiger partial charge in [0, 0.05) is 33.8 Å². The molecular formula is C15H29ClN10O2. The maximum atomic E-state index is 11.0. The average molecular weight is 417 g/mol. The number of guanidine groups is 4. The number of aliphatic imine (C=N–C) groups is 4. The summed E-state index contributed by atoms with van der Waals surface area (Å²) in [6, 6.07) is 0. The van der Waals surface area contributed by atoms with Crippen LogP contribution in [0.25, 0.3) is 0 Å². The molecule has 0 aromatic carbocycles. The van der Waals surface area contributed by atoms with Crippen molar-refractivity contribution in [2.45, 2.75) is 6.92 Å². The highest BCUT2D eigenvalue weighted by atomic mass is 35.5. The number of hydrogen-bond acceptors (Lipinski definition) is 5. The summed E-state index contributed by atoms with van der Waals surface area (Å²) in [7, 11) is 6.06. The largest absolute Gasteiger partial charge is 0.370 e. The quantitative estimate of drug-likeness (QED) is 0.159. The van der Waals surface area contributed by atoms with E-state index in [-0.39, 0.29) is 29.7 Å². The average Bonchev–Trinajstić information content (AvgIpc) is 2.66. The molecule has 158 valence electrons. The van der Waals surface area contributed by atoms with Crippen LogP contribution in [0, 0.1) is 0 Å². The number of amides is 1. The fraction of sp³-hybridized carbons (Fsp3) is 0.333. The zero-order valence-corrected chi connectivity index (χ0v) is 17.5. The molecule has 0 aromatic rings. The van der Waals surface area contributed by atoms with Crippen molar-refractivity contribution in [2.75, 3.05) is 28.2 Å². The molecule has 0 radical (unpaired) electrons. The van der Waals surface area contributed by atoms with Crippen LogP contribution in [0.15, 0.2) is 44.8 Å². The summed E-state index contributed by atoms with van der Waals surface area (Å²) in [6.07, 6.45) is 1.13. The Labute approximate surface area is 169 Å². The third-order valence-corrected chi connectivity index (χ3v) is 2.70. The summed E-state index contributed by atoms with van der Waals surface area (Å²) in [5.41, 5.74) is 21.5. The summed E-state index contributed by atoms with van der Waals surface area (Å²) >= 11 is 4.87. The number of nitrogens with two attached hydrogens (primary N) is 4. The molecule has 0 heterocycles. The second-order valence-corrected chi connectivity index (χ2v) is 4.89. The lowest BCUT2D eigenvalue weighted by atomic mass is 10.4. The first-order valence-corrected chi connectivity index (χ1v) is 7.78. The summed E-state index contributed by atoms with van der Waals surface area (Å²) in [4.78, 5) is 36.3. The van der Waals surface area contributed by atoms with Gasteiger partial charge in [-0.2, -0.15) is 4.99 Å². The number of allylic oxidation sites excluding steroid dienone is 1. The highest BCUT2D eigenvalue weighted by Crippen LogP contribution is 1.91. The molecule has 0 aliphatic rings. The van der Waals surface area contributed by atoms with Gasteiger partial charge in [-0.3, -0.25) is 34.8 Å². The number of carbonyl (C=O) groups excluding carboxylic acids is 2. The van der Waals surface area contributed by atoms with Gasteiger partial charge in [-0.05, 0) is 24.6 Å². The minimum absolute atomic E-state index is 0.0150. The van der Waals surface area contributed by atoms with Crippen molar-refractivity contribution in [2.24, 2.45) is 42.9 Å². The Hall–Kier alpha value is -3.41. The van der Waals surface area contributed by atoms with Gasteiger partial charge in [-0.1, -0.05) is 13.2 Å². The molecule has 0 rings (SSSR count). The van der Waals surface area contributed by atoms with E-state index < -0.39 is 5.24 Å². The van der Waals surface area contributed by atoms with E-state index in [0.717, 1.165) is 11.0 Å². The highest BCUT2D eigenvalue weighted by Gasteiger charge is 2.07. The third-order valence-electron chi connectivity index (χ3n) is 2.38. The van der Waals surface area contributed by atoms with E-state index in [0.29, 0.717) is 5.57 Å². The molecule has 0 spiro atoms. The van der Waals surface area contributed by atoms with Crippen LogP contribution in [0.1, 0.15) is 6.92 Å². The van der Waals surface area contributed by atoms with E-state index >= 15 is 0 Å². The van der Waals surface area contributed by atoms with Crippen LogP contribution in [0.2, 0.25) is 0 Å². The molecule has 1 amide bonds. The van der Waals surface area contributed by atoms with Crippen LogP contribution in [0.3, 0.4) is 0 Å². The van der Waals surface area contributed by atoms with E-state index in [2.05, 4.69) is 38.4 Å². The van der Waals surface area contributed by atoms with Crippen LogP contribution < -0.4 is 28.3 Å². The Morgan fingerprint density at radius 2 is 1.43 bits per heavy atom. The molecule has 13 heteroatoms. The number of hydrogen-bond donors (Lipinski definition) is 5. The van der Waals surface area contributed by atoms with Crippen LogP contribution in [-0.2, 0) is 9.59 Å². The Kier molecular flexibility index (Phi) is 17.9. The van der Waals surface area contributed by atoms with Gasteiger partial charge in [-0.25, -0.2) is 0 Å². The molecule has 0 atom stereocenters. The lowest BCUT2D eigenvalue weighted by molar-refractivity contribution is -0.121. The monoisotopic (exact) mass is 416 g/mol. The van der Waals surface area contributed by atoms with Crippen LogP contribution in [0.4, 0.5) is 0 Å². The Morgan fingerprint density at radius 1 is 1.04 bits per heavy atom. The normalized spacial score (nSPS) is 11.8. The number of carbonyl (C=O) groups is 2. The van der Waals surface area contributed by atoms with Crippen molar-refractivity contribution in [3.63, 3.8) is 0 Å². The summed E-state index contributed by atoms with van der Waals surface area (Å²) < 4.78 is 0. The zero-order chi connectivity index (χ0) is 22.9. The molecule has 0 fully saturated rings. The maximum absolute atomic E-state index is 11.0. The van der Waals surface area contributed by atoms with Gasteiger partial charge in [0.1, 0.15) is 0 Å². The molecule has 0 aromatic heterocycles. The minimum Gasteiger partial charge on any atom is -0.370 e. The molecule has 0 aliphatic heterocycles. The standard InChI is InChI=1S/C7H13N5O.C4H5ClO.C4H11N5/c1-4-5(13)12(3)7(9)11-6(8)10-2;1-3(2)4(5)6;1-7-3(5)9-4(6)8-2/h4H,1H2,2-3H3,(H4,8,9,10,11);1H2,2H3;1-2H3,(H5,5,6,7,8,9). The van der Waals surface area contributed by atoms with Gasteiger partial charge in [0.05, 0.1) is 0 Å². The van der Waals surface area contributed by atoms with Gasteiger partial charge >= 0.3 is 0 Å². The molecule has 0 bridgehead atoms. The fourth-order valence-electron chi connectivity index (χ4n) is 0.735. The number of nitrogens with one attached hydrogen (secondary N) is 1. The topological polar surface area (TPSA) is 203 Å². The first-order chi connectivity index (χ1) is 12.9. The first kappa shape index (κ1) is 29.4. The van der Waals surface area contributed by atoms with Crippen molar-refractivity contribution in [3.05, 3.63) is 24.8 Å². The van der Waals surface area contributed by atoms with Crippen molar-refractivity contribution < 1.29 is 9.59 Å². The number of rotatable bonds is 2. The number of halogens is 1. The predicted molar refractivity (Wildman–Crippen MR) is 116 cm³/mol. The van der Waals surface area contributed by atoms with Gasteiger partial charge in [-0.15, -0.1) is 0 Å². The lowest BCUT2D eigenvalue weighted by Gasteiger charge is -2.12. The Balaban J connectivity index is -0.000000362. The smallest absolute Gasteiger partial charge is 0.252 e. The number of nitrogens with zero attached hydrogens (tertiary/aromatic N) is 5. The van der Waals surface area contributed by atoms with Gasteiger partial charge in [0.15, 0.2) is 11.9 Å². The first-order valence-electron chi connectivity index (χ1n) is 7.41. The molecule has 0 aliphatic carbocycles. The van der Waals surface area contributed by atoms with Crippen LogP contribution >= 0.6 is 11.6 Å². The van der Waals surface area contributed by atoms with E-state index in [4.69, 9.17) is 34.5 Å². The summed E-state index contributed by atoms with van der Waals surface area (Å²) in [5.74, 6) is 0.163. The van der Waals surface area contributed by atoms with Gasteiger partial charge in [0.2, 0.25) is 17.2 Å². The third kappa shape index (κ3) is 17.4. The Morgan fingerprint density at radius 3 is 1.68 bits per heavy atom.